The molecule has 120 valence electrons. The molecule has 2 aliphatic rings. The van der Waals surface area contributed by atoms with Crippen LogP contribution in [-0.4, -0.2) is 36.6 Å². The van der Waals surface area contributed by atoms with Crippen LogP contribution in [0.2, 0.25) is 0 Å². The van der Waals surface area contributed by atoms with Gasteiger partial charge in [-0.1, -0.05) is 0 Å². The lowest BCUT2D eigenvalue weighted by atomic mass is 10.1. The molecular formula is C16H18F3NO2. The number of nitrogens with zero attached hydrogens (tertiary/aromatic N) is 1. The average molecular weight is 313 g/mol. The third-order valence-corrected chi connectivity index (χ3v) is 4.16. The number of likely N-dealkylation sites (tertiary alicyclic amines) is 1. The van der Waals surface area contributed by atoms with Gasteiger partial charge >= 0.3 is 6.18 Å². The molecule has 2 fully saturated rings. The van der Waals surface area contributed by atoms with Crippen LogP contribution in [0.1, 0.15) is 35.2 Å². The van der Waals surface area contributed by atoms with E-state index in [1.165, 1.54) is 25.0 Å². The van der Waals surface area contributed by atoms with Crippen molar-refractivity contribution >= 4 is 5.91 Å². The van der Waals surface area contributed by atoms with E-state index in [4.69, 9.17) is 4.74 Å². The van der Waals surface area contributed by atoms with E-state index in [1.54, 1.807) is 4.90 Å². The van der Waals surface area contributed by atoms with Gasteiger partial charge in [0.05, 0.1) is 11.7 Å². The molecule has 22 heavy (non-hydrogen) atoms. The first kappa shape index (κ1) is 15.3. The molecule has 1 saturated heterocycles. The third kappa shape index (κ3) is 3.61. The summed E-state index contributed by atoms with van der Waals surface area (Å²) in [5.41, 5.74) is -0.452. The fourth-order valence-electron chi connectivity index (χ4n) is 2.59. The zero-order valence-electron chi connectivity index (χ0n) is 12.1. The Kier molecular flexibility index (Phi) is 4.12. The van der Waals surface area contributed by atoms with Crippen molar-refractivity contribution < 1.29 is 22.7 Å². The zero-order valence-corrected chi connectivity index (χ0v) is 12.1. The Hall–Kier alpha value is -1.56. The van der Waals surface area contributed by atoms with Crippen LogP contribution in [0, 0.1) is 5.92 Å². The molecule has 1 saturated carbocycles. The van der Waals surface area contributed by atoms with Gasteiger partial charge in [-0.05, 0) is 49.4 Å². The van der Waals surface area contributed by atoms with E-state index in [0.29, 0.717) is 19.0 Å². The quantitative estimate of drug-likeness (QED) is 0.853. The van der Waals surface area contributed by atoms with Gasteiger partial charge in [0.1, 0.15) is 0 Å². The van der Waals surface area contributed by atoms with Gasteiger partial charge in [0.2, 0.25) is 0 Å². The molecule has 1 aliphatic heterocycles. The van der Waals surface area contributed by atoms with Crippen molar-refractivity contribution in [3.63, 3.8) is 0 Å². The van der Waals surface area contributed by atoms with E-state index >= 15 is 0 Å². The number of carbonyl (C=O) groups excluding carboxylic acids is 1. The summed E-state index contributed by atoms with van der Waals surface area (Å²) in [5.74, 6) is 0.450. The van der Waals surface area contributed by atoms with E-state index in [9.17, 15) is 18.0 Å². The lowest BCUT2D eigenvalue weighted by Crippen LogP contribution is -2.30. The Labute approximate surface area is 127 Å². The molecule has 6 heteroatoms. The van der Waals surface area contributed by atoms with E-state index in [0.717, 1.165) is 25.2 Å². The largest absolute Gasteiger partial charge is 0.416 e. The van der Waals surface area contributed by atoms with Crippen LogP contribution in [0.25, 0.3) is 0 Å². The maximum Gasteiger partial charge on any atom is 0.416 e. The fourth-order valence-corrected chi connectivity index (χ4v) is 2.59. The van der Waals surface area contributed by atoms with Crippen LogP contribution < -0.4 is 0 Å². The van der Waals surface area contributed by atoms with Gasteiger partial charge in [0, 0.05) is 25.3 Å². The minimum atomic E-state index is -4.38. The summed E-state index contributed by atoms with van der Waals surface area (Å²) in [6, 6.07) is 4.38. The number of rotatable bonds is 4. The van der Waals surface area contributed by atoms with Gasteiger partial charge < -0.3 is 9.64 Å². The van der Waals surface area contributed by atoms with Crippen LogP contribution in [0.3, 0.4) is 0 Å². The van der Waals surface area contributed by atoms with Gasteiger partial charge in [-0.25, -0.2) is 0 Å². The average Bonchev–Trinajstić information content (AvgIpc) is 3.20. The van der Waals surface area contributed by atoms with E-state index in [2.05, 4.69) is 0 Å². The molecule has 1 aromatic rings. The minimum Gasteiger partial charge on any atom is -0.376 e. The monoisotopic (exact) mass is 313 g/mol. The molecule has 0 spiro atoms. The smallest absolute Gasteiger partial charge is 0.376 e. The second-order valence-electron chi connectivity index (χ2n) is 6.01. The summed E-state index contributed by atoms with van der Waals surface area (Å²) in [5, 5.41) is 0. The van der Waals surface area contributed by atoms with Gasteiger partial charge in [-0.15, -0.1) is 0 Å². The van der Waals surface area contributed by atoms with E-state index in [1.807, 2.05) is 0 Å². The second-order valence-corrected chi connectivity index (χ2v) is 6.01. The summed E-state index contributed by atoms with van der Waals surface area (Å²) >= 11 is 0. The van der Waals surface area contributed by atoms with Gasteiger partial charge in [0.15, 0.2) is 0 Å². The summed E-state index contributed by atoms with van der Waals surface area (Å²) < 4.78 is 43.3. The Balaban J connectivity index is 1.57. The van der Waals surface area contributed by atoms with Gasteiger partial charge in [-0.2, -0.15) is 13.2 Å². The first-order valence-electron chi connectivity index (χ1n) is 7.51. The molecule has 1 atom stereocenters. The Morgan fingerprint density at radius 2 is 1.86 bits per heavy atom. The highest BCUT2D eigenvalue weighted by Gasteiger charge is 2.32. The van der Waals surface area contributed by atoms with Crippen molar-refractivity contribution in [1.29, 1.82) is 0 Å². The van der Waals surface area contributed by atoms with Crippen LogP contribution in [0.4, 0.5) is 13.2 Å². The molecule has 1 unspecified atom stereocenters. The van der Waals surface area contributed by atoms with Gasteiger partial charge in [0.25, 0.3) is 5.91 Å². The van der Waals surface area contributed by atoms with E-state index < -0.39 is 11.7 Å². The number of hydrogen-bond donors (Lipinski definition) is 0. The summed E-state index contributed by atoms with van der Waals surface area (Å²) in [4.78, 5) is 13.9. The first-order valence-corrected chi connectivity index (χ1v) is 7.51. The Bertz CT molecular complexity index is 537. The number of ether oxygens (including phenoxy) is 1. The molecule has 0 bridgehead atoms. The molecule has 1 heterocycles. The molecule has 3 nitrogen and oxygen atoms in total. The Morgan fingerprint density at radius 3 is 2.45 bits per heavy atom. The fraction of sp³-hybridized carbons (Fsp3) is 0.562. The standard InChI is InChI=1S/C16H18F3NO2/c17-16(18,19)13-5-3-12(4-6-13)15(21)20-8-7-14(9-20)22-10-11-1-2-11/h3-6,11,14H,1-2,7-10H2. The first-order chi connectivity index (χ1) is 10.4. The van der Waals surface area contributed by atoms with Crippen molar-refractivity contribution in [3.8, 4) is 0 Å². The SMILES string of the molecule is O=C(c1ccc(C(F)(F)F)cc1)N1CCC(OCC2CC2)C1. The van der Waals surface area contributed by atoms with Crippen molar-refractivity contribution in [2.75, 3.05) is 19.7 Å². The summed E-state index contributed by atoms with van der Waals surface area (Å²) in [7, 11) is 0. The maximum absolute atomic E-state index is 12.5. The molecule has 0 N–H and O–H groups in total. The third-order valence-electron chi connectivity index (χ3n) is 4.16. The topological polar surface area (TPSA) is 29.5 Å². The van der Waals surface area contributed by atoms with Crippen LogP contribution in [-0.2, 0) is 10.9 Å². The van der Waals surface area contributed by atoms with Crippen LogP contribution in [0.5, 0.6) is 0 Å². The zero-order chi connectivity index (χ0) is 15.7. The maximum atomic E-state index is 12.5. The number of benzene rings is 1. The van der Waals surface area contributed by atoms with Crippen molar-refractivity contribution in [3.05, 3.63) is 35.4 Å². The van der Waals surface area contributed by atoms with E-state index in [-0.39, 0.29) is 17.6 Å². The normalized spacial score (nSPS) is 22.1. The van der Waals surface area contributed by atoms with Crippen molar-refractivity contribution in [1.82, 2.24) is 4.90 Å². The lowest BCUT2D eigenvalue weighted by molar-refractivity contribution is -0.137. The highest BCUT2D eigenvalue weighted by Crippen LogP contribution is 2.31. The molecular weight excluding hydrogens is 295 g/mol. The number of carbonyl (C=O) groups is 1. The molecule has 3 rings (SSSR count). The summed E-state index contributed by atoms with van der Waals surface area (Å²) in [6.45, 7) is 1.87. The number of hydrogen-bond acceptors (Lipinski definition) is 2. The highest BCUT2D eigenvalue weighted by molar-refractivity contribution is 5.94. The van der Waals surface area contributed by atoms with Crippen molar-refractivity contribution in [2.24, 2.45) is 5.92 Å². The van der Waals surface area contributed by atoms with Crippen LogP contribution in [0.15, 0.2) is 24.3 Å². The Morgan fingerprint density at radius 1 is 1.18 bits per heavy atom. The predicted octanol–water partition coefficient (Wildman–Crippen LogP) is 3.35. The highest BCUT2D eigenvalue weighted by atomic mass is 19.4. The summed E-state index contributed by atoms with van der Waals surface area (Å²) in [6.07, 6.45) is -1.09. The number of amides is 1. The molecule has 1 aliphatic carbocycles. The van der Waals surface area contributed by atoms with Gasteiger partial charge in [-0.3, -0.25) is 4.79 Å². The minimum absolute atomic E-state index is 0.0546. The molecule has 0 aromatic heterocycles. The van der Waals surface area contributed by atoms with Crippen molar-refractivity contribution in [2.45, 2.75) is 31.5 Å². The molecule has 0 radical (unpaired) electrons. The molecule has 1 amide bonds. The predicted molar refractivity (Wildman–Crippen MR) is 74.4 cm³/mol. The van der Waals surface area contributed by atoms with Crippen LogP contribution >= 0.6 is 0 Å². The lowest BCUT2D eigenvalue weighted by Gasteiger charge is -2.17. The number of alkyl halides is 3. The number of halogens is 3. The second kappa shape index (κ2) is 5.91. The molecule has 1 aromatic carbocycles.